The molecule has 0 aliphatic rings. The molecule has 0 unspecified atom stereocenters. The van der Waals surface area contributed by atoms with Crippen molar-refractivity contribution in [3.8, 4) is 5.75 Å². The summed E-state index contributed by atoms with van der Waals surface area (Å²) in [5, 5.41) is 0. The number of aryl methyl sites for hydroxylation is 1. The Morgan fingerprint density at radius 3 is 2.76 bits per heavy atom. The first-order valence-corrected chi connectivity index (χ1v) is 6.17. The first-order chi connectivity index (χ1) is 8.31. The number of nitrogens with zero attached hydrogens (tertiary/aromatic N) is 1. The minimum atomic E-state index is 0.628. The van der Waals surface area contributed by atoms with Gasteiger partial charge in [0.05, 0.1) is 6.54 Å². The summed E-state index contributed by atoms with van der Waals surface area (Å²) in [5.74, 6) is 0.896. The second kappa shape index (κ2) is 5.68. The van der Waals surface area contributed by atoms with Crippen LogP contribution in [-0.4, -0.2) is 16.2 Å². The minimum Gasteiger partial charge on any atom is -0.492 e. The fourth-order valence-corrected chi connectivity index (χ4v) is 2.01. The van der Waals surface area contributed by atoms with Crippen LogP contribution in [0.5, 0.6) is 5.75 Å². The van der Waals surface area contributed by atoms with Crippen LogP contribution in [0.4, 0.5) is 0 Å². The third-order valence-electron chi connectivity index (χ3n) is 2.64. The molecule has 2 rings (SSSR count). The fraction of sp³-hybridized carbons (Fsp3) is 0.308. The van der Waals surface area contributed by atoms with Gasteiger partial charge < -0.3 is 14.3 Å². The molecule has 0 radical (unpaired) electrons. The Hall–Kier alpha value is -1.55. The van der Waals surface area contributed by atoms with Gasteiger partial charge in [0.1, 0.15) is 12.4 Å². The van der Waals surface area contributed by atoms with E-state index in [4.69, 9.17) is 17.0 Å². The van der Waals surface area contributed by atoms with Crippen molar-refractivity contribution in [1.82, 2.24) is 9.55 Å². The van der Waals surface area contributed by atoms with Crippen molar-refractivity contribution in [1.29, 1.82) is 0 Å². The Bertz CT molecular complexity index is 516. The Morgan fingerprint density at radius 2 is 2.06 bits per heavy atom. The lowest BCUT2D eigenvalue weighted by molar-refractivity contribution is 0.296. The average Bonchev–Trinajstić information content (AvgIpc) is 2.72. The maximum atomic E-state index is 5.65. The molecule has 0 atom stereocenters. The molecule has 90 valence electrons. The fourth-order valence-electron chi connectivity index (χ4n) is 1.74. The molecular weight excluding hydrogens is 232 g/mol. The summed E-state index contributed by atoms with van der Waals surface area (Å²) < 4.78 is 8.50. The van der Waals surface area contributed by atoms with E-state index < -0.39 is 0 Å². The summed E-state index contributed by atoms with van der Waals surface area (Å²) in [6.45, 7) is 3.52. The highest BCUT2D eigenvalue weighted by molar-refractivity contribution is 7.71. The highest BCUT2D eigenvalue weighted by Gasteiger charge is 2.01. The van der Waals surface area contributed by atoms with Gasteiger partial charge in [0, 0.05) is 11.9 Å². The van der Waals surface area contributed by atoms with Crippen molar-refractivity contribution in [2.45, 2.75) is 19.9 Å². The van der Waals surface area contributed by atoms with Crippen LogP contribution in [0.3, 0.4) is 0 Å². The van der Waals surface area contributed by atoms with Gasteiger partial charge >= 0.3 is 0 Å². The quantitative estimate of drug-likeness (QED) is 0.824. The van der Waals surface area contributed by atoms with Gasteiger partial charge in [-0.2, -0.15) is 0 Å². The van der Waals surface area contributed by atoms with Crippen LogP contribution in [0, 0.1) is 4.77 Å². The van der Waals surface area contributed by atoms with Gasteiger partial charge in [0.15, 0.2) is 4.77 Å². The molecule has 0 aliphatic heterocycles. The Balaban J connectivity index is 1.94. The molecule has 0 aliphatic carbocycles. The van der Waals surface area contributed by atoms with Gasteiger partial charge in [-0.3, -0.25) is 0 Å². The summed E-state index contributed by atoms with van der Waals surface area (Å²) in [7, 11) is 0. The normalized spacial score (nSPS) is 10.4. The molecule has 1 aromatic carbocycles. The summed E-state index contributed by atoms with van der Waals surface area (Å²) in [6, 6.07) is 9.82. The number of aromatic amines is 1. The second-order valence-electron chi connectivity index (χ2n) is 3.75. The van der Waals surface area contributed by atoms with E-state index in [0.717, 1.165) is 23.5 Å². The van der Waals surface area contributed by atoms with Crippen molar-refractivity contribution in [3.63, 3.8) is 0 Å². The van der Waals surface area contributed by atoms with E-state index in [1.54, 1.807) is 0 Å². The standard InChI is InChI=1S/C13H16N2OS/c1-2-11-10-14-13(17)15(11)8-9-16-12-6-4-3-5-7-12/h3-7,10H,2,8-9H2,1H3,(H,14,17). The van der Waals surface area contributed by atoms with Crippen molar-refractivity contribution in [2.75, 3.05) is 6.61 Å². The molecule has 0 spiro atoms. The minimum absolute atomic E-state index is 0.628. The van der Waals surface area contributed by atoms with Gasteiger partial charge in [-0.1, -0.05) is 25.1 Å². The number of ether oxygens (including phenoxy) is 1. The number of benzene rings is 1. The monoisotopic (exact) mass is 248 g/mol. The first-order valence-electron chi connectivity index (χ1n) is 5.76. The molecule has 4 heteroatoms. The number of imidazole rings is 1. The zero-order chi connectivity index (χ0) is 12.1. The third kappa shape index (κ3) is 2.97. The molecule has 0 fully saturated rings. The highest BCUT2D eigenvalue weighted by Crippen LogP contribution is 2.09. The van der Waals surface area contributed by atoms with Gasteiger partial charge in [-0.05, 0) is 30.8 Å². The van der Waals surface area contributed by atoms with Crippen LogP contribution in [0.2, 0.25) is 0 Å². The predicted molar refractivity (Wildman–Crippen MR) is 70.9 cm³/mol. The van der Waals surface area contributed by atoms with Gasteiger partial charge in [-0.15, -0.1) is 0 Å². The van der Waals surface area contributed by atoms with E-state index in [0.29, 0.717) is 6.61 Å². The molecular formula is C13H16N2OS. The van der Waals surface area contributed by atoms with E-state index in [9.17, 15) is 0 Å². The van der Waals surface area contributed by atoms with Crippen LogP contribution in [0.1, 0.15) is 12.6 Å². The summed E-state index contributed by atoms with van der Waals surface area (Å²) in [6.07, 6.45) is 2.93. The second-order valence-corrected chi connectivity index (χ2v) is 4.14. The van der Waals surface area contributed by atoms with Crippen molar-refractivity contribution >= 4 is 12.2 Å². The van der Waals surface area contributed by atoms with Crippen molar-refractivity contribution in [2.24, 2.45) is 0 Å². The lowest BCUT2D eigenvalue weighted by Gasteiger charge is -2.08. The highest BCUT2D eigenvalue weighted by atomic mass is 32.1. The molecule has 2 aromatic rings. The lowest BCUT2D eigenvalue weighted by Crippen LogP contribution is -2.10. The van der Waals surface area contributed by atoms with Crippen LogP contribution < -0.4 is 4.74 Å². The van der Waals surface area contributed by atoms with E-state index in [2.05, 4.69) is 16.5 Å². The number of hydrogen-bond acceptors (Lipinski definition) is 2. The maximum absolute atomic E-state index is 5.65. The number of rotatable bonds is 5. The molecule has 1 N–H and O–H groups in total. The Labute approximate surface area is 106 Å². The largest absolute Gasteiger partial charge is 0.492 e. The first kappa shape index (κ1) is 11.9. The number of hydrogen-bond donors (Lipinski definition) is 1. The molecule has 1 heterocycles. The van der Waals surface area contributed by atoms with Crippen LogP contribution >= 0.6 is 12.2 Å². The van der Waals surface area contributed by atoms with Crippen molar-refractivity contribution < 1.29 is 4.74 Å². The van der Waals surface area contributed by atoms with Crippen LogP contribution in [0.15, 0.2) is 36.5 Å². The Morgan fingerprint density at radius 1 is 1.29 bits per heavy atom. The summed E-state index contributed by atoms with van der Waals surface area (Å²) in [4.78, 5) is 3.06. The average molecular weight is 248 g/mol. The maximum Gasteiger partial charge on any atom is 0.177 e. The van der Waals surface area contributed by atoms with E-state index in [-0.39, 0.29) is 0 Å². The summed E-state index contributed by atoms with van der Waals surface area (Å²) in [5.41, 5.74) is 1.21. The smallest absolute Gasteiger partial charge is 0.177 e. The van der Waals surface area contributed by atoms with E-state index >= 15 is 0 Å². The zero-order valence-electron chi connectivity index (χ0n) is 9.85. The van der Waals surface area contributed by atoms with E-state index in [1.165, 1.54) is 5.69 Å². The lowest BCUT2D eigenvalue weighted by atomic mass is 10.3. The van der Waals surface area contributed by atoms with Crippen molar-refractivity contribution in [3.05, 3.63) is 47.0 Å². The predicted octanol–water partition coefficient (Wildman–Crippen LogP) is 3.19. The number of nitrogens with one attached hydrogen (secondary N) is 1. The number of aromatic nitrogens is 2. The molecule has 0 saturated carbocycles. The van der Waals surface area contributed by atoms with Gasteiger partial charge in [-0.25, -0.2) is 0 Å². The molecule has 0 amide bonds. The molecule has 0 saturated heterocycles. The van der Waals surface area contributed by atoms with Crippen LogP contribution in [0.25, 0.3) is 0 Å². The molecule has 17 heavy (non-hydrogen) atoms. The third-order valence-corrected chi connectivity index (χ3v) is 2.98. The van der Waals surface area contributed by atoms with Gasteiger partial charge in [0.25, 0.3) is 0 Å². The van der Waals surface area contributed by atoms with Gasteiger partial charge in [0.2, 0.25) is 0 Å². The number of para-hydroxylation sites is 1. The topological polar surface area (TPSA) is 29.9 Å². The molecule has 0 bridgehead atoms. The van der Waals surface area contributed by atoms with E-state index in [1.807, 2.05) is 36.5 Å². The number of H-pyrrole nitrogens is 1. The molecule has 3 nitrogen and oxygen atoms in total. The SMILES string of the molecule is CCc1c[nH]c(=S)n1CCOc1ccccc1. The van der Waals surface area contributed by atoms with Crippen LogP contribution in [-0.2, 0) is 13.0 Å². The Kier molecular flexibility index (Phi) is 3.98. The zero-order valence-corrected chi connectivity index (χ0v) is 10.7. The molecule has 1 aromatic heterocycles. The summed E-state index contributed by atoms with van der Waals surface area (Å²) >= 11 is 5.22.